The van der Waals surface area contributed by atoms with Crippen molar-refractivity contribution >= 4 is 17.7 Å². The van der Waals surface area contributed by atoms with Gasteiger partial charge in [0.15, 0.2) is 35.8 Å². The Bertz CT molecular complexity index is 1980. The average molecular weight is 782 g/mol. The molecule has 0 amide bonds. The summed E-state index contributed by atoms with van der Waals surface area (Å²) in [4.78, 5) is 9.11. The topological polar surface area (TPSA) is 9.72 Å². The summed E-state index contributed by atoms with van der Waals surface area (Å²) in [6, 6.07) is 13.8. The van der Waals surface area contributed by atoms with Gasteiger partial charge in [-0.3, -0.25) is 4.90 Å². The molecule has 0 N–H and O–H groups in total. The van der Waals surface area contributed by atoms with Crippen molar-refractivity contribution in [2.75, 3.05) is 0 Å². The molecule has 13 rings (SSSR count). The van der Waals surface area contributed by atoms with E-state index in [0.29, 0.717) is 65.7 Å². The molecule has 10 fully saturated rings. The fourth-order valence-electron chi connectivity index (χ4n) is 18.3. The summed E-state index contributed by atoms with van der Waals surface area (Å²) >= 11 is 0. The van der Waals surface area contributed by atoms with Crippen molar-refractivity contribution in [3.8, 4) is 0 Å². The molecule has 6 saturated carbocycles. The Morgan fingerprint density at radius 2 is 1.07 bits per heavy atom. The second kappa shape index (κ2) is 12.7. The molecule has 0 bridgehead atoms. The summed E-state index contributed by atoms with van der Waals surface area (Å²) < 4.78 is 79.0. The SMILES string of the molecule is Fc1c(F)c(F)c(B2C3CCCCC3N3C4=C(c5ccccc5)C5CCCCC5N4C4CC5C6CCCCC6N6C7CCCCC7C7CC2C3C4C7C56)c(F)c1F. The highest BCUT2D eigenvalue weighted by atomic mass is 19.2. The van der Waals surface area contributed by atoms with Gasteiger partial charge in [-0.05, 0) is 104 Å². The van der Waals surface area contributed by atoms with E-state index in [1.165, 1.54) is 100 Å². The lowest BCUT2D eigenvalue weighted by molar-refractivity contribution is -0.187. The van der Waals surface area contributed by atoms with Crippen molar-refractivity contribution in [3.63, 3.8) is 0 Å². The van der Waals surface area contributed by atoms with Crippen molar-refractivity contribution in [3.05, 3.63) is 70.8 Å². The van der Waals surface area contributed by atoms with Gasteiger partial charge in [0.25, 0.3) is 0 Å². The van der Waals surface area contributed by atoms with E-state index in [1.54, 1.807) is 0 Å². The van der Waals surface area contributed by atoms with Gasteiger partial charge in [0, 0.05) is 59.7 Å². The molecule has 6 aliphatic carbocycles. The minimum absolute atomic E-state index is 0.0137. The van der Waals surface area contributed by atoms with Crippen LogP contribution in [0.25, 0.3) is 5.57 Å². The molecule has 11 aliphatic rings. The Hall–Kier alpha value is -2.55. The number of piperidine rings is 1. The fourth-order valence-corrected chi connectivity index (χ4v) is 18.3. The summed E-state index contributed by atoms with van der Waals surface area (Å²) in [6.07, 6.45) is 20.9. The maximum Gasteiger partial charge on any atom is 0.200 e. The third-order valence-corrected chi connectivity index (χ3v) is 19.5. The van der Waals surface area contributed by atoms with Crippen molar-refractivity contribution in [1.82, 2.24) is 14.7 Å². The van der Waals surface area contributed by atoms with Crippen LogP contribution in [0.1, 0.15) is 121 Å². The molecular formula is C48H57BF5N3. The molecule has 16 atom stereocenters. The van der Waals surface area contributed by atoms with Gasteiger partial charge in [-0.1, -0.05) is 94.5 Å². The van der Waals surface area contributed by atoms with Crippen LogP contribution < -0.4 is 5.46 Å². The molecule has 2 aromatic rings. The van der Waals surface area contributed by atoms with Crippen LogP contribution in [0.4, 0.5) is 22.0 Å². The van der Waals surface area contributed by atoms with Crippen LogP contribution in [-0.4, -0.2) is 63.7 Å². The Balaban J connectivity index is 1.08. The Morgan fingerprint density at radius 3 is 1.79 bits per heavy atom. The minimum atomic E-state index is -2.02. The van der Waals surface area contributed by atoms with Crippen LogP contribution in [0.2, 0.25) is 11.6 Å². The first kappa shape index (κ1) is 35.2. The third-order valence-electron chi connectivity index (χ3n) is 19.5. The van der Waals surface area contributed by atoms with Crippen LogP contribution in [0.3, 0.4) is 0 Å². The lowest BCUT2D eigenvalue weighted by atomic mass is 9.22. The molecule has 0 aromatic heterocycles. The molecule has 2 aromatic carbocycles. The molecule has 9 heteroatoms. The smallest absolute Gasteiger partial charge is 0.200 e. The van der Waals surface area contributed by atoms with Crippen molar-refractivity contribution in [1.29, 1.82) is 0 Å². The number of nitrogens with zero attached hydrogens (tertiary/aromatic N) is 3. The second-order valence-corrected chi connectivity index (χ2v) is 21.0. The molecule has 57 heavy (non-hydrogen) atoms. The molecule has 0 spiro atoms. The van der Waals surface area contributed by atoms with Crippen LogP contribution in [0.5, 0.6) is 0 Å². The van der Waals surface area contributed by atoms with E-state index in [4.69, 9.17) is 0 Å². The summed E-state index contributed by atoms with van der Waals surface area (Å²) in [7, 11) is 0. The first-order chi connectivity index (χ1) is 27.9. The largest absolute Gasteiger partial charge is 0.352 e. The zero-order chi connectivity index (χ0) is 38.0. The Kier molecular flexibility index (Phi) is 7.87. The fraction of sp³-hybridized carbons (Fsp3) is 0.708. The quantitative estimate of drug-likeness (QED) is 0.130. The highest BCUT2D eigenvalue weighted by Crippen LogP contribution is 2.71. The van der Waals surface area contributed by atoms with E-state index in [1.807, 2.05) is 0 Å². The second-order valence-electron chi connectivity index (χ2n) is 21.0. The highest BCUT2D eigenvalue weighted by Gasteiger charge is 2.74. The maximum atomic E-state index is 16.6. The van der Waals surface area contributed by atoms with E-state index in [9.17, 15) is 4.39 Å². The van der Waals surface area contributed by atoms with Gasteiger partial charge in [0.1, 0.15) is 5.82 Å². The normalized spacial score (nSPS) is 45.2. The lowest BCUT2D eigenvalue weighted by Gasteiger charge is -2.73. The average Bonchev–Trinajstić information content (AvgIpc) is 3.78. The van der Waals surface area contributed by atoms with E-state index in [2.05, 4.69) is 45.0 Å². The van der Waals surface area contributed by atoms with Gasteiger partial charge in [0.05, 0.1) is 0 Å². The Morgan fingerprint density at radius 1 is 0.474 bits per heavy atom. The van der Waals surface area contributed by atoms with Crippen LogP contribution >= 0.6 is 0 Å². The summed E-state index contributed by atoms with van der Waals surface area (Å²) in [5.41, 5.74) is 2.35. The minimum Gasteiger partial charge on any atom is -0.352 e. The van der Waals surface area contributed by atoms with E-state index < -0.39 is 41.3 Å². The summed E-state index contributed by atoms with van der Waals surface area (Å²) in [5.74, 6) is -3.84. The molecule has 5 heterocycles. The zero-order valence-electron chi connectivity index (χ0n) is 33.2. The molecule has 3 nitrogen and oxygen atoms in total. The third kappa shape index (κ3) is 4.49. The first-order valence-corrected chi connectivity index (χ1v) is 23.6. The standard InChI is InChI=1S/C48H57BF5N3/c50-41-40(42(51)44(53)45(54)43(41)52)49-30-17-7-11-21-35(30)57-47-31(49)22-28-25-14-4-8-18-32(25)55-33-19-9-5-15-26(33)29-23-36(39(47)38(28)46(29)55)56-34-20-10-6-16-27(34)37(48(56)57)24-12-2-1-3-13-24/h1-3,12-13,25-36,38-39,46-47H,4-11,14-23H2. The predicted octanol–water partition coefficient (Wildman–Crippen LogP) is 10.2. The number of rotatable bonds is 2. The number of hydrogen-bond donors (Lipinski definition) is 0. The highest BCUT2D eigenvalue weighted by molar-refractivity contribution is 6.76. The van der Waals surface area contributed by atoms with Gasteiger partial charge in [-0.15, -0.1) is 0 Å². The zero-order valence-corrected chi connectivity index (χ0v) is 33.2. The molecule has 5 aliphatic heterocycles. The van der Waals surface area contributed by atoms with E-state index in [0.717, 1.165) is 38.0 Å². The van der Waals surface area contributed by atoms with Gasteiger partial charge in [-0.2, -0.15) is 0 Å². The number of benzene rings is 2. The van der Waals surface area contributed by atoms with Gasteiger partial charge >= 0.3 is 0 Å². The van der Waals surface area contributed by atoms with Crippen molar-refractivity contribution in [2.45, 2.75) is 170 Å². The van der Waals surface area contributed by atoms with Crippen LogP contribution in [-0.2, 0) is 0 Å². The number of hydrogen-bond acceptors (Lipinski definition) is 3. The van der Waals surface area contributed by atoms with Gasteiger partial charge in [-0.25, -0.2) is 22.0 Å². The van der Waals surface area contributed by atoms with Crippen molar-refractivity contribution in [2.24, 2.45) is 41.4 Å². The summed E-state index contributed by atoms with van der Waals surface area (Å²) in [5, 5.41) is 0. The number of fused-ring (bicyclic) bond motifs is 13. The van der Waals surface area contributed by atoms with Crippen molar-refractivity contribution < 1.29 is 22.0 Å². The molecule has 16 unspecified atom stereocenters. The summed E-state index contributed by atoms with van der Waals surface area (Å²) in [6.45, 7) is -0.678. The maximum absolute atomic E-state index is 16.6. The first-order valence-electron chi connectivity index (χ1n) is 23.6. The van der Waals surface area contributed by atoms with E-state index >= 15 is 17.6 Å². The van der Waals surface area contributed by atoms with Crippen LogP contribution in [0, 0.1) is 70.5 Å². The van der Waals surface area contributed by atoms with E-state index in [-0.39, 0.29) is 23.7 Å². The molecule has 0 radical (unpaired) electrons. The molecule has 302 valence electrons. The predicted molar refractivity (Wildman–Crippen MR) is 212 cm³/mol. The monoisotopic (exact) mass is 781 g/mol. The molecule has 4 saturated heterocycles. The molecular weight excluding hydrogens is 724 g/mol. The van der Waals surface area contributed by atoms with Crippen LogP contribution in [0.15, 0.2) is 36.2 Å². The Labute approximate surface area is 335 Å². The lowest BCUT2D eigenvalue weighted by Crippen LogP contribution is -2.78. The van der Waals surface area contributed by atoms with Gasteiger partial charge in [0.2, 0.25) is 0 Å². The number of halogens is 5. The van der Waals surface area contributed by atoms with Gasteiger partial charge < -0.3 is 9.80 Å².